The molecule has 1 saturated heterocycles. The van der Waals surface area contributed by atoms with Gasteiger partial charge in [-0.05, 0) is 51.2 Å². The molecule has 2 aromatic rings. The highest BCUT2D eigenvalue weighted by Gasteiger charge is 2.54. The zero-order valence-corrected chi connectivity index (χ0v) is 28.2. The SMILES string of the molecule is CCC(C)(O/N=C(/C(=O)NC1C(=O)N2C(C(=O)O)=C(CSc3snc(O)c3C(=O)O)CS[C@H]12)c1nsc(N)n1)C(=O)OC(C)(C)C. The molecule has 0 saturated carbocycles. The van der Waals surface area contributed by atoms with Gasteiger partial charge in [-0.2, -0.15) is 13.7 Å². The minimum atomic E-state index is -1.60. The summed E-state index contributed by atoms with van der Waals surface area (Å²) in [4.78, 5) is 73.9. The second-order valence-electron chi connectivity index (χ2n) is 11.0. The molecule has 2 aliphatic heterocycles. The number of fused-ring (bicyclic) bond motifs is 1. The van der Waals surface area contributed by atoms with E-state index in [0.29, 0.717) is 5.57 Å². The van der Waals surface area contributed by atoms with E-state index in [0.717, 1.165) is 39.7 Å². The zero-order chi connectivity index (χ0) is 34.1. The van der Waals surface area contributed by atoms with E-state index in [1.165, 1.54) is 18.7 Å². The second kappa shape index (κ2) is 13.4. The van der Waals surface area contributed by atoms with Gasteiger partial charge in [-0.1, -0.05) is 12.1 Å². The first kappa shape index (κ1) is 34.9. The number of hydrogen-bond donors (Lipinski definition) is 5. The van der Waals surface area contributed by atoms with E-state index in [1.54, 1.807) is 27.7 Å². The number of aromatic carboxylic acids is 1. The summed E-state index contributed by atoms with van der Waals surface area (Å²) >= 11 is 3.68. The van der Waals surface area contributed by atoms with Crippen molar-refractivity contribution in [3.63, 3.8) is 0 Å². The first-order valence-corrected chi connectivity index (χ1v) is 16.9. The summed E-state index contributed by atoms with van der Waals surface area (Å²) < 4.78 is 13.2. The quantitative estimate of drug-likeness (QED) is 0.0689. The molecule has 4 heterocycles. The van der Waals surface area contributed by atoms with Crippen molar-refractivity contribution in [1.82, 2.24) is 23.9 Å². The van der Waals surface area contributed by atoms with Crippen LogP contribution in [-0.2, 0) is 28.8 Å². The third-order valence-corrected chi connectivity index (χ3v) is 10.5. The van der Waals surface area contributed by atoms with Gasteiger partial charge in [0, 0.05) is 23.0 Å². The maximum atomic E-state index is 13.5. The predicted molar refractivity (Wildman–Crippen MR) is 168 cm³/mol. The number of rotatable bonds is 12. The fourth-order valence-corrected chi connectivity index (χ4v) is 7.81. The Labute approximate surface area is 277 Å². The van der Waals surface area contributed by atoms with E-state index >= 15 is 0 Å². The van der Waals surface area contributed by atoms with Gasteiger partial charge in [0.2, 0.25) is 23.0 Å². The molecule has 0 bridgehead atoms. The lowest BCUT2D eigenvalue weighted by Crippen LogP contribution is -2.71. The first-order chi connectivity index (χ1) is 21.5. The Hall–Kier alpha value is -3.95. The minimum Gasteiger partial charge on any atom is -0.492 e. The summed E-state index contributed by atoms with van der Waals surface area (Å²) in [5.41, 5.74) is 2.46. The van der Waals surface area contributed by atoms with Crippen LogP contribution in [0.2, 0.25) is 0 Å². The fourth-order valence-electron chi connectivity index (χ4n) is 4.00. The van der Waals surface area contributed by atoms with E-state index in [4.69, 9.17) is 15.3 Å². The van der Waals surface area contributed by atoms with Gasteiger partial charge >= 0.3 is 17.9 Å². The number of nitrogens with two attached hydrogens (primary N) is 1. The monoisotopic (exact) mass is 715 g/mol. The molecule has 46 heavy (non-hydrogen) atoms. The minimum absolute atomic E-state index is 0.00296. The van der Waals surface area contributed by atoms with Crippen LogP contribution >= 0.6 is 46.6 Å². The summed E-state index contributed by atoms with van der Waals surface area (Å²) in [5.74, 6) is -5.87. The van der Waals surface area contributed by atoms with Crippen LogP contribution in [0.3, 0.4) is 0 Å². The molecule has 248 valence electrons. The summed E-state index contributed by atoms with van der Waals surface area (Å²) in [6.07, 6.45) is 0.119. The number of esters is 1. The van der Waals surface area contributed by atoms with Gasteiger partial charge in [0.15, 0.2) is 5.13 Å². The van der Waals surface area contributed by atoms with Crippen LogP contribution in [0.15, 0.2) is 20.6 Å². The molecule has 4 rings (SSSR count). The topological polar surface area (TPSA) is 257 Å². The van der Waals surface area contributed by atoms with Crippen molar-refractivity contribution in [2.24, 2.45) is 5.16 Å². The van der Waals surface area contributed by atoms with Gasteiger partial charge in [-0.3, -0.25) is 14.5 Å². The zero-order valence-electron chi connectivity index (χ0n) is 24.9. The predicted octanol–water partition coefficient (Wildman–Crippen LogP) is 1.74. The van der Waals surface area contributed by atoms with Crippen LogP contribution in [0.5, 0.6) is 5.88 Å². The van der Waals surface area contributed by atoms with Gasteiger partial charge < -0.3 is 35.9 Å². The van der Waals surface area contributed by atoms with Crippen molar-refractivity contribution in [3.8, 4) is 5.88 Å². The number of nitrogen functional groups attached to an aromatic ring is 1. The van der Waals surface area contributed by atoms with Crippen LogP contribution in [0.1, 0.15) is 57.2 Å². The average molecular weight is 716 g/mol. The van der Waals surface area contributed by atoms with E-state index in [9.17, 15) is 39.3 Å². The molecule has 2 aromatic heterocycles. The second-order valence-corrected chi connectivity index (χ2v) is 14.9. The lowest BCUT2D eigenvalue weighted by molar-refractivity contribution is -0.182. The molecule has 21 heteroatoms. The van der Waals surface area contributed by atoms with Crippen molar-refractivity contribution in [2.45, 2.75) is 67.9 Å². The van der Waals surface area contributed by atoms with E-state index in [-0.39, 0.29) is 44.4 Å². The van der Waals surface area contributed by atoms with Crippen molar-refractivity contribution >= 4 is 87.2 Å². The molecule has 2 unspecified atom stereocenters. The third-order valence-electron chi connectivity index (χ3n) is 6.48. The van der Waals surface area contributed by atoms with Gasteiger partial charge in [-0.15, -0.1) is 23.5 Å². The van der Waals surface area contributed by atoms with Gasteiger partial charge in [0.05, 0.1) is 4.21 Å². The number of nitrogens with zero attached hydrogens (tertiary/aromatic N) is 5. The number of aliphatic carboxylic acids is 1. The third kappa shape index (κ3) is 7.21. The smallest absolute Gasteiger partial charge is 0.353 e. The summed E-state index contributed by atoms with van der Waals surface area (Å²) in [6, 6.07) is -1.16. The number of thioether (sulfide) groups is 2. The number of β-lactam (4-membered cyclic amide) rings is 1. The Balaban J connectivity index is 1.54. The number of nitrogens with one attached hydrogen (secondary N) is 1. The Morgan fingerprint density at radius 1 is 1.15 bits per heavy atom. The van der Waals surface area contributed by atoms with E-state index in [1.807, 2.05) is 0 Å². The van der Waals surface area contributed by atoms with Crippen molar-refractivity contribution < 1.29 is 48.9 Å². The molecule has 1 fully saturated rings. The molecular weight excluding hydrogens is 687 g/mol. The highest BCUT2D eigenvalue weighted by molar-refractivity contribution is 8.02. The van der Waals surface area contributed by atoms with Crippen LogP contribution in [0, 0.1) is 0 Å². The maximum Gasteiger partial charge on any atom is 0.353 e. The fraction of sp³-hybridized carbons (Fsp3) is 0.480. The number of carbonyl (C=O) groups is 5. The van der Waals surface area contributed by atoms with Crippen LogP contribution in [-0.4, -0.2) is 104 Å². The number of ether oxygens (including phenoxy) is 1. The van der Waals surface area contributed by atoms with E-state index < -0.39 is 63.9 Å². The van der Waals surface area contributed by atoms with Gasteiger partial charge in [-0.25, -0.2) is 14.4 Å². The molecule has 0 aromatic carbocycles. The largest absolute Gasteiger partial charge is 0.492 e. The van der Waals surface area contributed by atoms with Crippen LogP contribution in [0.25, 0.3) is 0 Å². The summed E-state index contributed by atoms with van der Waals surface area (Å²) in [7, 11) is 0. The Morgan fingerprint density at radius 2 is 1.85 bits per heavy atom. The number of amides is 2. The number of oxime groups is 1. The standard InChI is InChI=1S/C25H29N7O10S4/c1-6-25(5,22(40)41-24(2,3)4)42-29-11(14-28-23(26)46-30-14)16(34)27-12-17(35)32-13(20(38)39)9(7-43-18(12)32)8-44-21-10(19(36)37)15(33)31-45-21/h12,18H,6-8H2,1-5H3,(H,27,34)(H,31,33)(H,36,37)(H,38,39)(H2,26,28,30)/b29-11+/t12?,18-,25?/m1/s1. The lowest BCUT2D eigenvalue weighted by atomic mass is 10.0. The van der Waals surface area contributed by atoms with Gasteiger partial charge in [0.25, 0.3) is 11.8 Å². The number of carboxylic acid groups (broad SMARTS) is 2. The summed E-state index contributed by atoms with van der Waals surface area (Å²) in [6.45, 7) is 8.14. The highest BCUT2D eigenvalue weighted by Crippen LogP contribution is 2.43. The molecule has 2 aliphatic rings. The number of carbonyl (C=O) groups excluding carboxylic acids is 3. The maximum absolute atomic E-state index is 13.5. The Morgan fingerprint density at radius 3 is 2.41 bits per heavy atom. The van der Waals surface area contributed by atoms with Crippen molar-refractivity contribution in [2.75, 3.05) is 17.2 Å². The molecule has 17 nitrogen and oxygen atoms in total. The number of anilines is 1. The molecule has 0 radical (unpaired) electrons. The average Bonchev–Trinajstić information content (AvgIpc) is 3.57. The number of hydrogen-bond acceptors (Lipinski definition) is 17. The molecule has 6 N–H and O–H groups in total. The molecule has 0 aliphatic carbocycles. The van der Waals surface area contributed by atoms with Crippen LogP contribution < -0.4 is 11.1 Å². The lowest BCUT2D eigenvalue weighted by Gasteiger charge is -2.49. The number of carboxylic acids is 2. The highest BCUT2D eigenvalue weighted by atomic mass is 32.2. The van der Waals surface area contributed by atoms with Crippen molar-refractivity contribution in [1.29, 1.82) is 0 Å². The first-order valence-electron chi connectivity index (χ1n) is 13.3. The normalized spacial score (nSPS) is 19.5. The molecule has 0 spiro atoms. The molecule has 2 amide bonds. The molecule has 3 atom stereocenters. The van der Waals surface area contributed by atoms with Crippen LogP contribution in [0.4, 0.5) is 5.13 Å². The van der Waals surface area contributed by atoms with Gasteiger partial charge in [0.1, 0.15) is 28.3 Å². The van der Waals surface area contributed by atoms with E-state index in [2.05, 4.69) is 24.2 Å². The summed E-state index contributed by atoms with van der Waals surface area (Å²) in [5, 5.41) is 34.7. The number of aromatic nitrogens is 3. The van der Waals surface area contributed by atoms with Crippen molar-refractivity contribution in [3.05, 3.63) is 22.7 Å². The Kier molecular flexibility index (Phi) is 10.2. The number of aromatic hydroxyl groups is 1. The molecular formula is C25H29N7O10S4. The Bertz CT molecular complexity index is 1650.